The van der Waals surface area contributed by atoms with Crippen LogP contribution in [0, 0.1) is 0 Å². The number of nitrogens with two attached hydrogens (primary N) is 1. The maximum absolute atomic E-state index is 7.75. The summed E-state index contributed by atoms with van der Waals surface area (Å²) in [5, 5.41) is 7.75. The van der Waals surface area contributed by atoms with Crippen molar-refractivity contribution in [1.82, 2.24) is 6.15 Å². The summed E-state index contributed by atoms with van der Waals surface area (Å²) in [6.45, 7) is 0.472. The van der Waals surface area contributed by atoms with Crippen molar-refractivity contribution >= 4 is 9.90 Å². The molecule has 0 amide bonds. The van der Waals surface area contributed by atoms with Crippen molar-refractivity contribution in [2.75, 3.05) is 13.2 Å². The Bertz CT molecular complexity index is 13.5. The topological polar surface area (TPSA) is 81.2 Å². The first-order valence-electron chi connectivity index (χ1n) is 1.22. The van der Waals surface area contributed by atoms with E-state index in [1.165, 1.54) is 0 Å². The average molecular weight is 112 g/mol. The third kappa shape index (κ3) is 27.5. The van der Waals surface area contributed by atoms with Crippen molar-refractivity contribution in [3.63, 3.8) is 0 Å². The molecule has 0 bridgehead atoms. The van der Waals surface area contributed by atoms with E-state index in [0.29, 0.717) is 6.54 Å². The molecule has 0 aromatic rings. The number of aliphatic hydroxyl groups excluding tert-OH is 1. The molecule has 1 atom stereocenters. The van der Waals surface area contributed by atoms with Crippen LogP contribution in [0.4, 0.5) is 0 Å². The molecule has 0 aromatic heterocycles. The van der Waals surface area contributed by atoms with Crippen LogP contribution in [0.2, 0.25) is 0 Å². The Morgan fingerprint density at radius 2 is 1.67 bits per heavy atom. The first-order valence-corrected chi connectivity index (χ1v) is 1.22. The van der Waals surface area contributed by atoms with E-state index in [1.807, 2.05) is 0 Å². The van der Waals surface area contributed by atoms with Crippen LogP contribution in [0.25, 0.3) is 0 Å². The van der Waals surface area contributed by atoms with Gasteiger partial charge in [-0.25, -0.2) is 0 Å². The summed E-state index contributed by atoms with van der Waals surface area (Å²) in [5.41, 5.74) is 4.78. The minimum atomic E-state index is 0. The molecule has 6 heavy (non-hydrogen) atoms. The van der Waals surface area contributed by atoms with Gasteiger partial charge in [0.15, 0.2) is 0 Å². The lowest BCUT2D eigenvalue weighted by atomic mass is 10.8. The fraction of sp³-hybridized carbons (Fsp3) is 1.00. The molecule has 0 saturated heterocycles. The molecule has 0 saturated carbocycles. The van der Waals surface area contributed by atoms with Gasteiger partial charge in [0.25, 0.3) is 0 Å². The highest BCUT2D eigenvalue weighted by Crippen LogP contribution is 1.33. The first kappa shape index (κ1) is 16.2. The van der Waals surface area contributed by atoms with E-state index in [0.717, 1.165) is 0 Å². The molecular weight excluding hydrogens is 99.0 g/mol. The van der Waals surface area contributed by atoms with Crippen LogP contribution < -0.4 is 11.9 Å². The van der Waals surface area contributed by atoms with Gasteiger partial charge >= 0.3 is 0 Å². The Kier molecular flexibility index (Phi) is 50.0. The van der Waals surface area contributed by atoms with Gasteiger partial charge in [-0.3, -0.25) is 0 Å². The zero-order valence-electron chi connectivity index (χ0n) is 3.85. The Labute approximate surface area is 41.1 Å². The Morgan fingerprint density at radius 1 is 1.50 bits per heavy atom. The van der Waals surface area contributed by atoms with Gasteiger partial charge in [-0.05, 0) is 0 Å². The zero-order valence-corrected chi connectivity index (χ0v) is 5.27. The molecule has 0 fully saturated rings. The fourth-order valence-corrected chi connectivity index (χ4v) is 0. The number of hydrogen-bond donors (Lipinski definition) is 3. The second-order valence-electron chi connectivity index (χ2n) is 0.512. The van der Waals surface area contributed by atoms with Gasteiger partial charge in [0.2, 0.25) is 0 Å². The van der Waals surface area contributed by atoms with E-state index in [9.17, 15) is 0 Å². The van der Waals surface area contributed by atoms with Crippen LogP contribution in [0.5, 0.6) is 0 Å². The lowest BCUT2D eigenvalue weighted by molar-refractivity contribution is 0.306. The monoisotopic (exact) mass is 112 g/mol. The Morgan fingerprint density at radius 3 is 1.67 bits per heavy atom. The summed E-state index contributed by atoms with van der Waals surface area (Å²) in [5.74, 6) is 0. The van der Waals surface area contributed by atoms with Gasteiger partial charge < -0.3 is 17.0 Å². The van der Waals surface area contributed by atoms with Gasteiger partial charge in [-0.1, -0.05) is 0 Å². The van der Waals surface area contributed by atoms with Gasteiger partial charge in [-0.15, -0.1) is 0 Å². The predicted octanol–water partition coefficient (Wildman–Crippen LogP) is -0.843. The van der Waals surface area contributed by atoms with E-state index in [-0.39, 0.29) is 22.7 Å². The molecule has 6 N–H and O–H groups in total. The standard InChI is InChI=1S/C2H7NO.H3N.H3P/c3-1-2-4;;/h4H,1-3H2;2*1H3. The molecule has 0 rings (SSSR count). The lowest BCUT2D eigenvalue weighted by Crippen LogP contribution is -2.02. The number of rotatable bonds is 1. The summed E-state index contributed by atoms with van der Waals surface area (Å²) in [4.78, 5) is 0. The maximum Gasteiger partial charge on any atom is 0.0553 e. The Balaban J connectivity index is -0.0000000450. The van der Waals surface area contributed by atoms with Crippen molar-refractivity contribution in [2.45, 2.75) is 0 Å². The molecule has 1 unspecified atom stereocenters. The zero-order chi connectivity index (χ0) is 3.41. The van der Waals surface area contributed by atoms with E-state index >= 15 is 0 Å². The van der Waals surface area contributed by atoms with Crippen molar-refractivity contribution in [3.8, 4) is 0 Å². The third-order valence-corrected chi connectivity index (χ3v) is 0.129. The summed E-state index contributed by atoms with van der Waals surface area (Å²) in [6, 6.07) is 0. The highest BCUT2D eigenvalue weighted by atomic mass is 31.0. The van der Waals surface area contributed by atoms with E-state index in [1.54, 1.807) is 0 Å². The van der Waals surface area contributed by atoms with Crippen LogP contribution in [-0.2, 0) is 0 Å². The second-order valence-corrected chi connectivity index (χ2v) is 0.512. The molecule has 42 valence electrons. The van der Waals surface area contributed by atoms with Crippen LogP contribution >= 0.6 is 9.90 Å². The van der Waals surface area contributed by atoms with E-state index in [4.69, 9.17) is 10.8 Å². The maximum atomic E-state index is 7.75. The summed E-state index contributed by atoms with van der Waals surface area (Å²) < 4.78 is 0. The summed E-state index contributed by atoms with van der Waals surface area (Å²) >= 11 is 0. The lowest BCUT2D eigenvalue weighted by Gasteiger charge is -1.71. The van der Waals surface area contributed by atoms with Crippen molar-refractivity contribution in [1.29, 1.82) is 0 Å². The molecular formula is C2H13N2OP. The molecule has 4 heteroatoms. The number of aliphatic hydroxyl groups is 1. The average Bonchev–Trinajstić information content (AvgIpc) is 1.37. The molecule has 0 heterocycles. The molecule has 0 aliphatic carbocycles. The summed E-state index contributed by atoms with van der Waals surface area (Å²) in [6.07, 6.45) is 0. The van der Waals surface area contributed by atoms with Gasteiger partial charge in [0.05, 0.1) is 6.61 Å². The second kappa shape index (κ2) is 18.5. The fourth-order valence-electron chi connectivity index (χ4n) is 0. The van der Waals surface area contributed by atoms with Gasteiger partial charge in [-0.2, -0.15) is 9.90 Å². The van der Waals surface area contributed by atoms with Crippen molar-refractivity contribution in [3.05, 3.63) is 0 Å². The smallest absolute Gasteiger partial charge is 0.0553 e. The first-order chi connectivity index (χ1) is 1.91. The summed E-state index contributed by atoms with van der Waals surface area (Å²) in [7, 11) is 0. The van der Waals surface area contributed by atoms with Gasteiger partial charge in [0.1, 0.15) is 0 Å². The highest BCUT2D eigenvalue weighted by molar-refractivity contribution is 6.92. The molecule has 0 aliphatic rings. The van der Waals surface area contributed by atoms with Crippen LogP contribution in [0.15, 0.2) is 0 Å². The van der Waals surface area contributed by atoms with Crippen molar-refractivity contribution in [2.24, 2.45) is 5.73 Å². The molecule has 0 aromatic carbocycles. The van der Waals surface area contributed by atoms with Crippen LogP contribution in [0.1, 0.15) is 0 Å². The third-order valence-electron chi connectivity index (χ3n) is 0.129. The largest absolute Gasteiger partial charge is 0.395 e. The predicted molar refractivity (Wildman–Crippen MR) is 32.3 cm³/mol. The van der Waals surface area contributed by atoms with Crippen molar-refractivity contribution < 1.29 is 5.11 Å². The minimum Gasteiger partial charge on any atom is -0.395 e. The van der Waals surface area contributed by atoms with Gasteiger partial charge in [0, 0.05) is 6.54 Å². The quantitative estimate of drug-likeness (QED) is 0.387. The van der Waals surface area contributed by atoms with Crippen LogP contribution in [-0.4, -0.2) is 18.3 Å². The molecule has 3 nitrogen and oxygen atoms in total. The van der Waals surface area contributed by atoms with Crippen LogP contribution in [0.3, 0.4) is 0 Å². The highest BCUT2D eigenvalue weighted by Gasteiger charge is 1.56. The van der Waals surface area contributed by atoms with E-state index in [2.05, 4.69) is 0 Å². The molecule has 0 aliphatic heterocycles. The van der Waals surface area contributed by atoms with E-state index < -0.39 is 0 Å². The molecule has 0 spiro atoms. The normalized spacial score (nSPS) is 5.00. The molecule has 0 radical (unpaired) electrons. The Hall–Kier alpha value is 0.310. The minimum absolute atomic E-state index is 0. The SMILES string of the molecule is N.NCCO.P. The number of hydrogen-bond acceptors (Lipinski definition) is 3.